The Balaban J connectivity index is 2.02. The van der Waals surface area contributed by atoms with Crippen LogP contribution in [0.1, 0.15) is 50.7 Å². The number of rotatable bonds is 4. The SMILES string of the molecule is CCC[C@@H]1CCC[C@@H](C(O)c2cccc(Cl)c2)N1. The van der Waals surface area contributed by atoms with Gasteiger partial charge in [0.25, 0.3) is 0 Å². The minimum atomic E-state index is -0.455. The molecule has 1 aliphatic heterocycles. The van der Waals surface area contributed by atoms with Crippen molar-refractivity contribution in [1.82, 2.24) is 5.32 Å². The third kappa shape index (κ3) is 3.47. The molecule has 3 atom stereocenters. The van der Waals surface area contributed by atoms with Gasteiger partial charge in [-0.1, -0.05) is 43.5 Å². The van der Waals surface area contributed by atoms with Crippen molar-refractivity contribution in [3.8, 4) is 0 Å². The highest BCUT2D eigenvalue weighted by Crippen LogP contribution is 2.27. The van der Waals surface area contributed by atoms with Crippen LogP contribution >= 0.6 is 11.6 Å². The third-order valence-corrected chi connectivity index (χ3v) is 3.96. The smallest absolute Gasteiger partial charge is 0.0943 e. The number of nitrogens with one attached hydrogen (secondary N) is 1. The van der Waals surface area contributed by atoms with Crippen LogP contribution in [0.3, 0.4) is 0 Å². The molecule has 0 radical (unpaired) electrons. The van der Waals surface area contributed by atoms with Crippen LogP contribution in [0.4, 0.5) is 0 Å². The van der Waals surface area contributed by atoms with Crippen molar-refractivity contribution in [3.63, 3.8) is 0 Å². The Morgan fingerprint density at radius 3 is 3.00 bits per heavy atom. The molecule has 1 fully saturated rings. The maximum Gasteiger partial charge on any atom is 0.0943 e. The molecule has 0 saturated carbocycles. The van der Waals surface area contributed by atoms with Gasteiger partial charge < -0.3 is 10.4 Å². The fourth-order valence-corrected chi connectivity index (χ4v) is 3.00. The van der Waals surface area contributed by atoms with Crippen LogP contribution in [0.25, 0.3) is 0 Å². The number of halogens is 1. The molecule has 2 nitrogen and oxygen atoms in total. The summed E-state index contributed by atoms with van der Waals surface area (Å²) < 4.78 is 0. The van der Waals surface area contributed by atoms with Gasteiger partial charge in [0.15, 0.2) is 0 Å². The topological polar surface area (TPSA) is 32.3 Å². The maximum absolute atomic E-state index is 10.4. The molecule has 1 aromatic carbocycles. The summed E-state index contributed by atoms with van der Waals surface area (Å²) in [5, 5.41) is 14.7. The fourth-order valence-electron chi connectivity index (χ4n) is 2.80. The van der Waals surface area contributed by atoms with Gasteiger partial charge in [-0.3, -0.25) is 0 Å². The molecule has 2 N–H and O–H groups in total. The van der Waals surface area contributed by atoms with Gasteiger partial charge in [-0.25, -0.2) is 0 Å². The Morgan fingerprint density at radius 2 is 2.28 bits per heavy atom. The van der Waals surface area contributed by atoms with Crippen LogP contribution < -0.4 is 5.32 Å². The number of aliphatic hydroxyl groups is 1. The molecule has 0 bridgehead atoms. The molecule has 18 heavy (non-hydrogen) atoms. The van der Waals surface area contributed by atoms with E-state index in [2.05, 4.69) is 12.2 Å². The molecule has 0 amide bonds. The van der Waals surface area contributed by atoms with Gasteiger partial charge in [-0.2, -0.15) is 0 Å². The van der Waals surface area contributed by atoms with Crippen molar-refractivity contribution in [2.24, 2.45) is 0 Å². The average Bonchev–Trinajstić information content (AvgIpc) is 2.39. The molecule has 100 valence electrons. The molecule has 1 heterocycles. The normalized spacial score (nSPS) is 25.9. The van der Waals surface area contributed by atoms with Crippen molar-refractivity contribution in [3.05, 3.63) is 34.9 Å². The second kappa shape index (κ2) is 6.55. The van der Waals surface area contributed by atoms with Crippen LogP contribution in [0.15, 0.2) is 24.3 Å². The fraction of sp³-hybridized carbons (Fsp3) is 0.600. The largest absolute Gasteiger partial charge is 0.387 e. The second-order valence-electron chi connectivity index (χ2n) is 5.19. The van der Waals surface area contributed by atoms with Crippen LogP contribution in [-0.2, 0) is 0 Å². The summed E-state index contributed by atoms with van der Waals surface area (Å²) in [4.78, 5) is 0. The van der Waals surface area contributed by atoms with Gasteiger partial charge in [-0.15, -0.1) is 0 Å². The highest BCUT2D eigenvalue weighted by atomic mass is 35.5. The van der Waals surface area contributed by atoms with Crippen LogP contribution in [0.5, 0.6) is 0 Å². The summed E-state index contributed by atoms with van der Waals surface area (Å²) in [7, 11) is 0. The molecule has 1 saturated heterocycles. The lowest BCUT2D eigenvalue weighted by molar-refractivity contribution is 0.0998. The van der Waals surface area contributed by atoms with E-state index in [9.17, 15) is 5.11 Å². The van der Waals surface area contributed by atoms with Crippen molar-refractivity contribution in [2.75, 3.05) is 0 Å². The average molecular weight is 268 g/mol. The molecule has 0 spiro atoms. The first kappa shape index (κ1) is 13.9. The lowest BCUT2D eigenvalue weighted by Gasteiger charge is -2.34. The van der Waals surface area contributed by atoms with Crippen molar-refractivity contribution >= 4 is 11.6 Å². The zero-order chi connectivity index (χ0) is 13.0. The highest BCUT2D eigenvalue weighted by molar-refractivity contribution is 6.30. The Morgan fingerprint density at radius 1 is 1.44 bits per heavy atom. The number of piperidine rings is 1. The number of hydrogen-bond acceptors (Lipinski definition) is 2. The summed E-state index contributed by atoms with van der Waals surface area (Å²) in [6, 6.07) is 8.26. The summed E-state index contributed by atoms with van der Waals surface area (Å²) >= 11 is 5.97. The summed E-state index contributed by atoms with van der Waals surface area (Å²) in [6.45, 7) is 2.21. The molecule has 2 rings (SSSR count). The Kier molecular flexibility index (Phi) is 5.04. The minimum absolute atomic E-state index is 0.161. The van der Waals surface area contributed by atoms with Gasteiger partial charge in [0.2, 0.25) is 0 Å². The van der Waals surface area contributed by atoms with E-state index in [1.165, 1.54) is 25.7 Å². The van der Waals surface area contributed by atoms with Gasteiger partial charge in [0.05, 0.1) is 6.10 Å². The van der Waals surface area contributed by atoms with Crippen molar-refractivity contribution < 1.29 is 5.11 Å². The van der Waals surface area contributed by atoms with E-state index in [1.807, 2.05) is 24.3 Å². The molecular weight excluding hydrogens is 246 g/mol. The van der Waals surface area contributed by atoms with Gasteiger partial charge >= 0.3 is 0 Å². The Hall–Kier alpha value is -0.570. The predicted octanol–water partition coefficient (Wildman–Crippen LogP) is 3.68. The zero-order valence-electron chi connectivity index (χ0n) is 10.9. The number of hydrogen-bond donors (Lipinski definition) is 2. The predicted molar refractivity (Wildman–Crippen MR) is 75.9 cm³/mol. The molecule has 1 aromatic rings. The number of benzene rings is 1. The van der Waals surface area contributed by atoms with E-state index in [4.69, 9.17) is 11.6 Å². The molecule has 1 aliphatic rings. The van der Waals surface area contributed by atoms with Crippen LogP contribution in [-0.4, -0.2) is 17.2 Å². The standard InChI is InChI=1S/C15H22ClNO/c1-2-5-13-8-4-9-14(17-13)15(18)11-6-3-7-12(16)10-11/h3,6-7,10,13-15,17-18H,2,4-5,8-9H2,1H3/t13-,14+,15?/m1/s1. The van der Waals surface area contributed by atoms with E-state index in [0.29, 0.717) is 11.1 Å². The number of aliphatic hydroxyl groups excluding tert-OH is 1. The Labute approximate surface area is 114 Å². The first-order chi connectivity index (χ1) is 8.70. The molecule has 0 aliphatic carbocycles. The van der Waals surface area contributed by atoms with Crippen LogP contribution in [0.2, 0.25) is 5.02 Å². The highest BCUT2D eigenvalue weighted by Gasteiger charge is 2.26. The van der Waals surface area contributed by atoms with Crippen molar-refractivity contribution in [2.45, 2.75) is 57.2 Å². The molecule has 3 heteroatoms. The summed E-state index contributed by atoms with van der Waals surface area (Å²) in [5.74, 6) is 0. The van der Waals surface area contributed by atoms with E-state index in [0.717, 1.165) is 12.0 Å². The summed E-state index contributed by atoms with van der Waals surface area (Å²) in [5.41, 5.74) is 0.914. The van der Waals surface area contributed by atoms with Gasteiger partial charge in [-0.05, 0) is 37.0 Å². The zero-order valence-corrected chi connectivity index (χ0v) is 11.7. The molecular formula is C15H22ClNO. The van der Waals surface area contributed by atoms with Crippen LogP contribution in [0, 0.1) is 0 Å². The lowest BCUT2D eigenvalue weighted by atomic mass is 9.90. The minimum Gasteiger partial charge on any atom is -0.387 e. The first-order valence-electron chi connectivity index (χ1n) is 6.90. The second-order valence-corrected chi connectivity index (χ2v) is 5.63. The molecule has 0 aromatic heterocycles. The van der Waals surface area contributed by atoms with E-state index in [-0.39, 0.29) is 6.04 Å². The van der Waals surface area contributed by atoms with E-state index < -0.39 is 6.10 Å². The monoisotopic (exact) mass is 267 g/mol. The quantitative estimate of drug-likeness (QED) is 0.872. The van der Waals surface area contributed by atoms with E-state index in [1.54, 1.807) is 0 Å². The lowest BCUT2D eigenvalue weighted by Crippen LogP contribution is -2.45. The summed E-state index contributed by atoms with van der Waals surface area (Å²) in [6.07, 6.45) is 5.39. The first-order valence-corrected chi connectivity index (χ1v) is 7.28. The van der Waals surface area contributed by atoms with Gasteiger partial charge in [0, 0.05) is 17.1 Å². The van der Waals surface area contributed by atoms with E-state index >= 15 is 0 Å². The maximum atomic E-state index is 10.4. The Bertz CT molecular complexity index is 381. The van der Waals surface area contributed by atoms with Gasteiger partial charge in [0.1, 0.15) is 0 Å². The third-order valence-electron chi connectivity index (χ3n) is 3.73. The molecule has 1 unspecified atom stereocenters. The van der Waals surface area contributed by atoms with Crippen molar-refractivity contribution in [1.29, 1.82) is 0 Å².